The quantitative estimate of drug-likeness (QED) is 0.828. The lowest BCUT2D eigenvalue weighted by molar-refractivity contribution is -0.119. The second kappa shape index (κ2) is 6.85. The predicted molar refractivity (Wildman–Crippen MR) is 74.2 cm³/mol. The van der Waals surface area contributed by atoms with Gasteiger partial charge < -0.3 is 5.32 Å². The zero-order valence-electron chi connectivity index (χ0n) is 10.6. The van der Waals surface area contributed by atoms with Gasteiger partial charge in [-0.3, -0.25) is 10.1 Å². The molecule has 1 aromatic rings. The zero-order valence-corrected chi connectivity index (χ0v) is 12.2. The van der Waals surface area contributed by atoms with E-state index in [0.717, 1.165) is 30.0 Å². The minimum atomic E-state index is -0.401. The molecule has 1 aromatic heterocycles. The van der Waals surface area contributed by atoms with Crippen LogP contribution in [0.4, 0.5) is 4.79 Å². The maximum absolute atomic E-state index is 11.8. The molecule has 19 heavy (non-hydrogen) atoms. The first-order chi connectivity index (χ1) is 9.15. The Balaban J connectivity index is 1.74. The summed E-state index contributed by atoms with van der Waals surface area (Å²) >= 11 is 2.67. The Morgan fingerprint density at radius 2 is 2.21 bits per heavy atom. The van der Waals surface area contributed by atoms with Crippen LogP contribution in [0.1, 0.15) is 32.6 Å². The van der Waals surface area contributed by atoms with Crippen molar-refractivity contribution in [2.24, 2.45) is 0 Å². The SMILES string of the molecule is C[C@H](Sc1nncs1)C(=O)NC(=O)NC1CCCC1. The van der Waals surface area contributed by atoms with Gasteiger partial charge >= 0.3 is 6.03 Å². The molecule has 2 rings (SSSR count). The Bertz CT molecular complexity index is 432. The Labute approximate surface area is 119 Å². The van der Waals surface area contributed by atoms with Crippen molar-refractivity contribution in [3.8, 4) is 0 Å². The maximum atomic E-state index is 11.8. The molecule has 0 aliphatic heterocycles. The highest BCUT2D eigenvalue weighted by Gasteiger charge is 2.21. The molecule has 0 saturated heterocycles. The molecule has 6 nitrogen and oxygen atoms in total. The molecular weight excluding hydrogens is 284 g/mol. The second-order valence-corrected chi connectivity index (χ2v) is 6.83. The number of amides is 3. The van der Waals surface area contributed by atoms with Gasteiger partial charge in [0.2, 0.25) is 5.91 Å². The van der Waals surface area contributed by atoms with Crippen molar-refractivity contribution in [1.29, 1.82) is 0 Å². The largest absolute Gasteiger partial charge is 0.335 e. The van der Waals surface area contributed by atoms with Crippen LogP contribution in [0.15, 0.2) is 9.85 Å². The lowest BCUT2D eigenvalue weighted by atomic mass is 10.2. The fourth-order valence-electron chi connectivity index (χ4n) is 1.92. The van der Waals surface area contributed by atoms with E-state index >= 15 is 0 Å². The summed E-state index contributed by atoms with van der Waals surface area (Å²) in [6.45, 7) is 1.74. The third-order valence-electron chi connectivity index (χ3n) is 2.91. The number of hydrogen-bond acceptors (Lipinski definition) is 6. The van der Waals surface area contributed by atoms with Gasteiger partial charge in [-0.05, 0) is 19.8 Å². The Kier molecular flexibility index (Phi) is 5.15. The van der Waals surface area contributed by atoms with Gasteiger partial charge in [0.15, 0.2) is 4.34 Å². The number of imide groups is 1. The van der Waals surface area contributed by atoms with Gasteiger partial charge in [-0.15, -0.1) is 10.2 Å². The zero-order chi connectivity index (χ0) is 13.7. The van der Waals surface area contributed by atoms with E-state index < -0.39 is 6.03 Å². The number of nitrogens with zero attached hydrogens (tertiary/aromatic N) is 2. The van der Waals surface area contributed by atoms with E-state index in [0.29, 0.717) is 0 Å². The summed E-state index contributed by atoms with van der Waals surface area (Å²) in [4.78, 5) is 23.5. The van der Waals surface area contributed by atoms with Crippen LogP contribution < -0.4 is 10.6 Å². The lowest BCUT2D eigenvalue weighted by Crippen LogP contribution is -2.45. The predicted octanol–water partition coefficient (Wildman–Crippen LogP) is 1.79. The van der Waals surface area contributed by atoms with Crippen LogP contribution in [0.25, 0.3) is 0 Å². The first kappa shape index (κ1) is 14.3. The van der Waals surface area contributed by atoms with Crippen LogP contribution >= 0.6 is 23.1 Å². The summed E-state index contributed by atoms with van der Waals surface area (Å²) in [7, 11) is 0. The number of thioether (sulfide) groups is 1. The minimum absolute atomic E-state index is 0.207. The van der Waals surface area contributed by atoms with Crippen molar-refractivity contribution >= 4 is 35.0 Å². The maximum Gasteiger partial charge on any atom is 0.321 e. The van der Waals surface area contributed by atoms with Gasteiger partial charge in [0, 0.05) is 6.04 Å². The van der Waals surface area contributed by atoms with Crippen LogP contribution in [0.5, 0.6) is 0 Å². The van der Waals surface area contributed by atoms with Crippen molar-refractivity contribution in [3.63, 3.8) is 0 Å². The molecule has 2 N–H and O–H groups in total. The molecule has 1 saturated carbocycles. The van der Waals surface area contributed by atoms with Crippen LogP contribution in [0.3, 0.4) is 0 Å². The molecule has 1 aliphatic rings. The monoisotopic (exact) mass is 300 g/mol. The van der Waals surface area contributed by atoms with E-state index in [-0.39, 0.29) is 17.2 Å². The van der Waals surface area contributed by atoms with Gasteiger partial charge in [-0.25, -0.2) is 4.79 Å². The smallest absolute Gasteiger partial charge is 0.321 e. The fraction of sp³-hybridized carbons (Fsp3) is 0.636. The second-order valence-electron chi connectivity index (χ2n) is 4.41. The molecule has 1 aliphatic carbocycles. The normalized spacial score (nSPS) is 17.1. The topological polar surface area (TPSA) is 84.0 Å². The summed E-state index contributed by atoms with van der Waals surface area (Å²) in [5.74, 6) is -0.310. The highest BCUT2D eigenvalue weighted by atomic mass is 32.2. The number of carbonyl (C=O) groups is 2. The molecule has 8 heteroatoms. The van der Waals surface area contributed by atoms with Crippen LogP contribution in [-0.4, -0.2) is 33.4 Å². The van der Waals surface area contributed by atoms with Crippen molar-refractivity contribution in [3.05, 3.63) is 5.51 Å². The van der Waals surface area contributed by atoms with Gasteiger partial charge in [0.05, 0.1) is 5.25 Å². The number of rotatable bonds is 4. The van der Waals surface area contributed by atoms with Gasteiger partial charge in [0.25, 0.3) is 0 Å². The Morgan fingerprint density at radius 1 is 1.47 bits per heavy atom. The van der Waals surface area contributed by atoms with E-state index in [2.05, 4.69) is 20.8 Å². The average Bonchev–Trinajstić information content (AvgIpc) is 3.01. The van der Waals surface area contributed by atoms with Crippen LogP contribution in [0.2, 0.25) is 0 Å². The molecule has 3 amide bonds. The molecule has 104 valence electrons. The van der Waals surface area contributed by atoms with E-state index in [1.54, 1.807) is 12.4 Å². The molecule has 1 fully saturated rings. The number of carbonyl (C=O) groups excluding carboxylic acids is 2. The summed E-state index contributed by atoms with van der Waals surface area (Å²) in [5, 5.41) is 12.4. The molecule has 1 heterocycles. The highest BCUT2D eigenvalue weighted by Crippen LogP contribution is 2.24. The molecule has 0 radical (unpaired) electrons. The number of hydrogen-bond donors (Lipinski definition) is 2. The Hall–Kier alpha value is -1.15. The van der Waals surface area contributed by atoms with Crippen molar-refractivity contribution in [2.75, 3.05) is 0 Å². The standard InChI is InChI=1S/C11H16N4O2S2/c1-7(19-11-15-12-6-18-11)9(16)14-10(17)13-8-4-2-3-5-8/h6-8H,2-5H2,1H3,(H2,13,14,16,17)/t7-/m0/s1. The first-order valence-corrected chi connectivity index (χ1v) is 7.95. The van der Waals surface area contributed by atoms with Crippen molar-refractivity contribution in [2.45, 2.75) is 48.2 Å². The first-order valence-electron chi connectivity index (χ1n) is 6.19. The van der Waals surface area contributed by atoms with Gasteiger partial charge in [0.1, 0.15) is 5.51 Å². The van der Waals surface area contributed by atoms with Crippen molar-refractivity contribution < 1.29 is 9.59 Å². The molecule has 0 aromatic carbocycles. The molecular formula is C11H16N4O2S2. The molecule has 0 unspecified atom stereocenters. The molecule has 0 bridgehead atoms. The van der Waals surface area contributed by atoms with E-state index in [4.69, 9.17) is 0 Å². The summed E-state index contributed by atoms with van der Waals surface area (Å²) in [6.07, 6.45) is 4.28. The number of aromatic nitrogens is 2. The van der Waals surface area contributed by atoms with Gasteiger partial charge in [-0.2, -0.15) is 0 Å². The average molecular weight is 300 g/mol. The number of urea groups is 1. The Morgan fingerprint density at radius 3 is 2.84 bits per heavy atom. The van der Waals surface area contributed by atoms with E-state index in [1.165, 1.54) is 23.1 Å². The third-order valence-corrected chi connectivity index (χ3v) is 4.83. The summed E-state index contributed by atoms with van der Waals surface area (Å²) in [6, 6.07) is -0.194. The van der Waals surface area contributed by atoms with Crippen molar-refractivity contribution in [1.82, 2.24) is 20.8 Å². The van der Waals surface area contributed by atoms with E-state index in [9.17, 15) is 9.59 Å². The lowest BCUT2D eigenvalue weighted by Gasteiger charge is -2.14. The third kappa shape index (κ3) is 4.46. The summed E-state index contributed by atoms with van der Waals surface area (Å²) in [5.41, 5.74) is 1.61. The van der Waals surface area contributed by atoms with E-state index in [1.807, 2.05) is 0 Å². The van der Waals surface area contributed by atoms with Gasteiger partial charge in [-0.1, -0.05) is 35.9 Å². The molecule has 0 spiro atoms. The van der Waals surface area contributed by atoms with Crippen LogP contribution in [-0.2, 0) is 4.79 Å². The van der Waals surface area contributed by atoms with Crippen LogP contribution in [0, 0.1) is 0 Å². The fourth-order valence-corrected chi connectivity index (χ4v) is 3.55. The summed E-state index contributed by atoms with van der Waals surface area (Å²) < 4.78 is 0.721. The molecule has 1 atom stereocenters. The highest BCUT2D eigenvalue weighted by molar-refractivity contribution is 8.02. The minimum Gasteiger partial charge on any atom is -0.335 e. The number of nitrogens with one attached hydrogen (secondary N) is 2.